The number of aliphatic hydroxyl groups excluding tert-OH is 3. The van der Waals surface area contributed by atoms with Crippen molar-refractivity contribution in [2.75, 3.05) is 18.5 Å². The van der Waals surface area contributed by atoms with E-state index < -0.39 is 29.7 Å². The minimum atomic E-state index is -1.03. The van der Waals surface area contributed by atoms with Gasteiger partial charge in [-0.05, 0) is 18.4 Å². The molecule has 0 bridgehead atoms. The minimum absolute atomic E-state index is 0. The van der Waals surface area contributed by atoms with E-state index in [4.69, 9.17) is 0 Å². The molecule has 11 heteroatoms. The van der Waals surface area contributed by atoms with Crippen molar-refractivity contribution in [3.63, 3.8) is 0 Å². The third-order valence-corrected chi connectivity index (χ3v) is 6.61. The zero-order valence-corrected chi connectivity index (χ0v) is 18.6. The van der Waals surface area contributed by atoms with Crippen LogP contribution in [-0.4, -0.2) is 71.6 Å². The fourth-order valence-corrected chi connectivity index (χ4v) is 4.94. The molecule has 33 heavy (non-hydrogen) atoms. The summed E-state index contributed by atoms with van der Waals surface area (Å²) in [4.78, 5) is 25.4. The Labute approximate surface area is 196 Å². The van der Waals surface area contributed by atoms with Gasteiger partial charge in [-0.2, -0.15) is 0 Å². The van der Waals surface area contributed by atoms with Gasteiger partial charge in [-0.3, -0.25) is 4.79 Å². The second kappa shape index (κ2) is 9.22. The van der Waals surface area contributed by atoms with E-state index in [1.54, 1.807) is 10.9 Å². The first-order valence-electron chi connectivity index (χ1n) is 10.7. The largest absolute Gasteiger partial charge is 0.396 e. The van der Waals surface area contributed by atoms with Crippen molar-refractivity contribution in [1.29, 1.82) is 0 Å². The summed E-state index contributed by atoms with van der Waals surface area (Å²) >= 11 is 0. The number of nitrogens with one attached hydrogen (secondary N) is 2. The molecule has 3 aromatic rings. The fourth-order valence-electron chi connectivity index (χ4n) is 4.94. The number of rotatable bonds is 6. The predicted molar refractivity (Wildman–Crippen MR) is 123 cm³/mol. The molecule has 2 aliphatic rings. The molecule has 1 aliphatic carbocycles. The van der Waals surface area contributed by atoms with Crippen LogP contribution in [0.1, 0.15) is 24.4 Å². The van der Waals surface area contributed by atoms with Crippen LogP contribution in [0.3, 0.4) is 0 Å². The maximum atomic E-state index is 12.1. The fraction of sp³-hybridized carbons (Fsp3) is 0.455. The molecule has 1 aromatic carbocycles. The number of aliphatic hydroxyl groups is 3. The summed E-state index contributed by atoms with van der Waals surface area (Å²) in [6.45, 7) is 0.255. The van der Waals surface area contributed by atoms with Crippen LogP contribution < -0.4 is 10.6 Å². The Morgan fingerprint density at radius 1 is 1.15 bits per heavy atom. The lowest BCUT2D eigenvalue weighted by Crippen LogP contribution is -2.43. The number of imidazole rings is 1. The van der Waals surface area contributed by atoms with E-state index >= 15 is 0 Å². The van der Waals surface area contributed by atoms with E-state index in [-0.39, 0.29) is 24.9 Å². The lowest BCUT2D eigenvalue weighted by atomic mass is 9.89. The third-order valence-electron chi connectivity index (χ3n) is 6.61. The highest BCUT2D eigenvalue weighted by atomic mass is 35.5. The average Bonchev–Trinajstić information content (AvgIpc) is 3.46. The highest BCUT2D eigenvalue weighted by Crippen LogP contribution is 2.37. The lowest BCUT2D eigenvalue weighted by molar-refractivity contribution is -0.119. The van der Waals surface area contributed by atoms with E-state index in [1.165, 1.54) is 6.33 Å². The molecule has 176 valence electrons. The monoisotopic (exact) mass is 474 g/mol. The summed E-state index contributed by atoms with van der Waals surface area (Å²) in [6, 6.07) is 9.50. The maximum absolute atomic E-state index is 12.1. The van der Waals surface area contributed by atoms with Crippen LogP contribution in [0.4, 0.5) is 5.82 Å². The number of aromatic nitrogens is 4. The second-order valence-corrected chi connectivity index (χ2v) is 8.79. The topological polar surface area (TPSA) is 145 Å². The molecule has 10 nitrogen and oxygen atoms in total. The van der Waals surface area contributed by atoms with Crippen LogP contribution in [0, 0.1) is 5.92 Å². The molecule has 5 rings (SSSR count). The highest BCUT2D eigenvalue weighted by molar-refractivity contribution is 5.86. The van der Waals surface area contributed by atoms with Crippen molar-refractivity contribution in [2.24, 2.45) is 5.92 Å². The van der Waals surface area contributed by atoms with E-state index in [9.17, 15) is 20.1 Å². The van der Waals surface area contributed by atoms with Crippen molar-refractivity contribution in [1.82, 2.24) is 24.8 Å². The Bertz CT molecular complexity index is 1130. The van der Waals surface area contributed by atoms with Gasteiger partial charge in [-0.25, -0.2) is 15.0 Å². The zero-order chi connectivity index (χ0) is 22.3. The van der Waals surface area contributed by atoms with Crippen LogP contribution in [-0.2, 0) is 11.2 Å². The normalized spacial score (nSPS) is 29.1. The molecule has 1 saturated heterocycles. The van der Waals surface area contributed by atoms with Crippen molar-refractivity contribution in [3.8, 4) is 0 Å². The highest BCUT2D eigenvalue weighted by Gasteiger charge is 2.43. The van der Waals surface area contributed by atoms with Gasteiger partial charge < -0.3 is 30.5 Å². The van der Waals surface area contributed by atoms with Gasteiger partial charge in [0.1, 0.15) is 17.9 Å². The van der Waals surface area contributed by atoms with Gasteiger partial charge in [0.2, 0.25) is 5.91 Å². The Kier molecular flexibility index (Phi) is 6.53. The molecular weight excluding hydrogens is 448 g/mol. The Morgan fingerprint density at radius 2 is 1.94 bits per heavy atom. The van der Waals surface area contributed by atoms with Crippen LogP contribution in [0.25, 0.3) is 11.2 Å². The quantitative estimate of drug-likeness (QED) is 0.346. The molecule has 1 amide bonds. The molecule has 1 saturated carbocycles. The number of hydrogen-bond acceptors (Lipinski definition) is 8. The first-order valence-corrected chi connectivity index (χ1v) is 10.7. The molecule has 2 fully saturated rings. The number of carbonyl (C=O) groups excluding carboxylic acids is 1. The zero-order valence-electron chi connectivity index (χ0n) is 17.8. The molecule has 0 spiro atoms. The molecule has 3 heterocycles. The molecule has 0 radical (unpaired) electrons. The second-order valence-electron chi connectivity index (χ2n) is 8.79. The van der Waals surface area contributed by atoms with Crippen molar-refractivity contribution in [2.45, 2.75) is 43.1 Å². The van der Waals surface area contributed by atoms with Gasteiger partial charge in [0, 0.05) is 19.1 Å². The molecule has 2 aromatic heterocycles. The number of fused-ring (bicyclic) bond motifs is 1. The first kappa shape index (κ1) is 23.4. The van der Waals surface area contributed by atoms with Crippen LogP contribution >= 0.6 is 12.4 Å². The van der Waals surface area contributed by atoms with E-state index in [0.717, 1.165) is 5.56 Å². The number of anilines is 1. The summed E-state index contributed by atoms with van der Waals surface area (Å²) in [5, 5.41) is 36.6. The number of benzene rings is 1. The SMILES string of the molecule is Cl.O=C1CC(Cc2ccccc2)(Nc2ncnc3c2ncn3C2CC(CO)C(O)C2O)CN1. The van der Waals surface area contributed by atoms with Gasteiger partial charge in [0.25, 0.3) is 0 Å². The van der Waals surface area contributed by atoms with E-state index in [1.807, 2.05) is 30.3 Å². The standard InChI is InChI=1S/C22H26N6O4.ClH/c29-9-14-6-15(19(32)18(14)31)28-12-26-17-20(24-11-25-21(17)28)27-22(8-16(30)23-10-22)7-13-4-2-1-3-5-13;/h1-5,11-12,14-15,18-19,29,31-32H,6-10H2,(H,23,30)(H,24,25,27);1H. The van der Waals surface area contributed by atoms with Gasteiger partial charge in [0.15, 0.2) is 11.5 Å². The molecular formula is C22H27ClN6O4. The Balaban J connectivity index is 0.00000259. The summed E-state index contributed by atoms with van der Waals surface area (Å²) in [5.74, 6) is 0.0758. The third kappa shape index (κ3) is 4.26. The van der Waals surface area contributed by atoms with Gasteiger partial charge in [0.05, 0.1) is 30.4 Å². The number of nitrogens with zero attached hydrogens (tertiary/aromatic N) is 4. The smallest absolute Gasteiger partial charge is 0.222 e. The van der Waals surface area contributed by atoms with Crippen LogP contribution in [0.5, 0.6) is 0 Å². The van der Waals surface area contributed by atoms with E-state index in [0.29, 0.717) is 42.8 Å². The van der Waals surface area contributed by atoms with Crippen molar-refractivity contribution in [3.05, 3.63) is 48.5 Å². The lowest BCUT2D eigenvalue weighted by Gasteiger charge is -2.29. The molecule has 5 unspecified atom stereocenters. The molecule has 1 aliphatic heterocycles. The summed E-state index contributed by atoms with van der Waals surface area (Å²) in [6.07, 6.45) is 2.30. The average molecular weight is 475 g/mol. The van der Waals surface area contributed by atoms with Crippen LogP contribution in [0.2, 0.25) is 0 Å². The van der Waals surface area contributed by atoms with Gasteiger partial charge >= 0.3 is 0 Å². The van der Waals surface area contributed by atoms with E-state index in [2.05, 4.69) is 25.6 Å². The predicted octanol–water partition coefficient (Wildman–Crippen LogP) is 0.436. The Morgan fingerprint density at radius 3 is 2.61 bits per heavy atom. The molecule has 5 atom stereocenters. The van der Waals surface area contributed by atoms with Crippen LogP contribution in [0.15, 0.2) is 43.0 Å². The number of halogens is 1. The summed E-state index contributed by atoms with van der Waals surface area (Å²) in [5.41, 5.74) is 1.58. The molecule has 5 N–H and O–H groups in total. The Hall–Kier alpha value is -2.79. The number of carbonyl (C=O) groups is 1. The maximum Gasteiger partial charge on any atom is 0.222 e. The minimum Gasteiger partial charge on any atom is -0.396 e. The number of amides is 1. The van der Waals surface area contributed by atoms with Gasteiger partial charge in [-0.1, -0.05) is 30.3 Å². The summed E-state index contributed by atoms with van der Waals surface area (Å²) < 4.78 is 1.73. The van der Waals surface area contributed by atoms with Crippen molar-refractivity contribution >= 4 is 35.3 Å². The summed E-state index contributed by atoms with van der Waals surface area (Å²) in [7, 11) is 0. The van der Waals surface area contributed by atoms with Crippen molar-refractivity contribution < 1.29 is 20.1 Å². The number of hydrogen-bond donors (Lipinski definition) is 5. The van der Waals surface area contributed by atoms with Gasteiger partial charge in [-0.15, -0.1) is 12.4 Å². The first-order chi connectivity index (χ1) is 15.5.